The third kappa shape index (κ3) is 4.31. The van der Waals surface area contributed by atoms with E-state index in [0.717, 1.165) is 10.5 Å². The summed E-state index contributed by atoms with van der Waals surface area (Å²) in [6, 6.07) is 4.72. The first-order valence-electron chi connectivity index (χ1n) is 7.37. The number of carbonyl (C=O) groups excluding carboxylic acids is 2. The molecule has 0 aliphatic carbocycles. The molecule has 0 spiro atoms. The molecular weight excluding hydrogens is 347 g/mol. The number of anilines is 1. The van der Waals surface area contributed by atoms with Crippen LogP contribution in [0.2, 0.25) is 5.02 Å². The minimum Gasteiger partial charge on any atom is -0.333 e. The lowest BCUT2D eigenvalue weighted by molar-refractivity contribution is -0.185. The standard InChI is InChI=1S/C15H17ClF3N3O2/c1-10-4-2-5-11(16)12(10)20-14(24)22-7-3-6-21(8-9-22)13(23)15(17,18)19/h2,4-5H,3,6-9H2,1H3,(H,20,24). The van der Waals surface area contributed by atoms with Gasteiger partial charge in [-0.2, -0.15) is 13.2 Å². The SMILES string of the molecule is Cc1cccc(Cl)c1NC(=O)N1CCCN(C(=O)C(F)(F)F)CC1. The van der Waals surface area contributed by atoms with Gasteiger partial charge in [-0.25, -0.2) is 4.79 Å². The number of aryl methyl sites for hydroxylation is 1. The van der Waals surface area contributed by atoms with E-state index in [2.05, 4.69) is 5.32 Å². The molecule has 1 N–H and O–H groups in total. The molecule has 1 saturated heterocycles. The molecule has 1 fully saturated rings. The normalized spacial score (nSPS) is 15.9. The van der Waals surface area contributed by atoms with Crippen LogP contribution < -0.4 is 5.32 Å². The lowest BCUT2D eigenvalue weighted by Gasteiger charge is -2.23. The molecular formula is C15H17ClF3N3O2. The number of carbonyl (C=O) groups is 2. The van der Waals surface area contributed by atoms with Crippen molar-refractivity contribution in [2.45, 2.75) is 19.5 Å². The van der Waals surface area contributed by atoms with Gasteiger partial charge in [0.25, 0.3) is 0 Å². The van der Waals surface area contributed by atoms with Gasteiger partial charge in [0.15, 0.2) is 0 Å². The summed E-state index contributed by atoms with van der Waals surface area (Å²) < 4.78 is 37.5. The van der Waals surface area contributed by atoms with Crippen LogP contribution in [0.3, 0.4) is 0 Å². The van der Waals surface area contributed by atoms with Crippen molar-refractivity contribution in [2.75, 3.05) is 31.5 Å². The summed E-state index contributed by atoms with van der Waals surface area (Å²) >= 11 is 6.05. The first-order chi connectivity index (χ1) is 11.2. The number of halogens is 4. The monoisotopic (exact) mass is 363 g/mol. The zero-order valence-electron chi connectivity index (χ0n) is 13.0. The highest BCUT2D eigenvalue weighted by Gasteiger charge is 2.42. The van der Waals surface area contributed by atoms with Crippen LogP contribution in [0.1, 0.15) is 12.0 Å². The quantitative estimate of drug-likeness (QED) is 0.832. The molecule has 2 rings (SSSR count). The van der Waals surface area contributed by atoms with Crippen molar-refractivity contribution in [3.8, 4) is 0 Å². The Morgan fingerprint density at radius 2 is 1.75 bits per heavy atom. The van der Waals surface area contributed by atoms with Gasteiger partial charge < -0.3 is 15.1 Å². The summed E-state index contributed by atoms with van der Waals surface area (Å²) in [5.41, 5.74) is 1.25. The molecule has 0 atom stereocenters. The minimum atomic E-state index is -4.90. The fourth-order valence-electron chi connectivity index (χ4n) is 2.48. The average molecular weight is 364 g/mol. The molecule has 0 aromatic heterocycles. The number of nitrogens with zero attached hydrogens (tertiary/aromatic N) is 2. The Balaban J connectivity index is 2.01. The molecule has 0 unspecified atom stereocenters. The fraction of sp³-hybridized carbons (Fsp3) is 0.467. The molecule has 3 amide bonds. The van der Waals surface area contributed by atoms with E-state index < -0.39 is 18.1 Å². The topological polar surface area (TPSA) is 52.7 Å². The number of hydrogen-bond donors (Lipinski definition) is 1. The van der Waals surface area contributed by atoms with Crippen LogP contribution >= 0.6 is 11.6 Å². The number of amides is 3. The van der Waals surface area contributed by atoms with Gasteiger partial charge in [-0.1, -0.05) is 23.7 Å². The number of nitrogens with one attached hydrogen (secondary N) is 1. The van der Waals surface area contributed by atoms with Crippen LogP contribution in [0.4, 0.5) is 23.7 Å². The van der Waals surface area contributed by atoms with E-state index in [1.807, 2.05) is 0 Å². The molecule has 132 valence electrons. The summed E-state index contributed by atoms with van der Waals surface area (Å²) in [6.45, 7) is 1.88. The second kappa shape index (κ2) is 7.29. The van der Waals surface area contributed by atoms with Gasteiger partial charge >= 0.3 is 18.1 Å². The predicted molar refractivity (Wildman–Crippen MR) is 84.0 cm³/mol. The molecule has 1 aliphatic rings. The van der Waals surface area contributed by atoms with E-state index in [9.17, 15) is 22.8 Å². The number of urea groups is 1. The number of rotatable bonds is 1. The van der Waals surface area contributed by atoms with Crippen LogP contribution in [0.25, 0.3) is 0 Å². The smallest absolute Gasteiger partial charge is 0.333 e. The van der Waals surface area contributed by atoms with Crippen molar-refractivity contribution in [3.63, 3.8) is 0 Å². The molecule has 1 aliphatic heterocycles. The molecule has 0 saturated carbocycles. The molecule has 1 aromatic carbocycles. The predicted octanol–water partition coefficient (Wildman–Crippen LogP) is 3.28. The average Bonchev–Trinajstić information content (AvgIpc) is 2.75. The van der Waals surface area contributed by atoms with E-state index in [1.165, 1.54) is 4.90 Å². The highest BCUT2D eigenvalue weighted by Crippen LogP contribution is 2.26. The second-order valence-electron chi connectivity index (χ2n) is 5.49. The van der Waals surface area contributed by atoms with Gasteiger partial charge in [-0.15, -0.1) is 0 Å². The maximum Gasteiger partial charge on any atom is 0.471 e. The maximum atomic E-state index is 12.5. The first-order valence-corrected chi connectivity index (χ1v) is 7.75. The largest absolute Gasteiger partial charge is 0.471 e. The van der Waals surface area contributed by atoms with Crippen LogP contribution in [0.15, 0.2) is 18.2 Å². The zero-order chi connectivity index (χ0) is 17.9. The molecule has 1 aromatic rings. The van der Waals surface area contributed by atoms with Gasteiger partial charge in [0, 0.05) is 26.2 Å². The maximum absolute atomic E-state index is 12.5. The molecule has 0 bridgehead atoms. The molecule has 9 heteroatoms. The first kappa shape index (κ1) is 18.4. The van der Waals surface area contributed by atoms with Crippen molar-refractivity contribution in [3.05, 3.63) is 28.8 Å². The molecule has 1 heterocycles. The number of alkyl halides is 3. The Kier molecular flexibility index (Phi) is 5.58. The third-order valence-corrected chi connectivity index (χ3v) is 4.08. The highest BCUT2D eigenvalue weighted by atomic mass is 35.5. The number of benzene rings is 1. The summed E-state index contributed by atoms with van der Waals surface area (Å²) in [6.07, 6.45) is -4.62. The summed E-state index contributed by atoms with van der Waals surface area (Å²) in [5, 5.41) is 3.06. The van der Waals surface area contributed by atoms with Crippen LogP contribution in [0, 0.1) is 6.92 Å². The van der Waals surface area contributed by atoms with Gasteiger partial charge in [0.2, 0.25) is 0 Å². The number of para-hydroxylation sites is 1. The van der Waals surface area contributed by atoms with Crippen molar-refractivity contribution in [1.29, 1.82) is 0 Å². The molecule has 24 heavy (non-hydrogen) atoms. The lowest BCUT2D eigenvalue weighted by atomic mass is 10.2. The molecule has 0 radical (unpaired) electrons. The second-order valence-corrected chi connectivity index (χ2v) is 5.90. The van der Waals surface area contributed by atoms with E-state index in [0.29, 0.717) is 10.7 Å². The fourth-order valence-corrected chi connectivity index (χ4v) is 2.75. The molecule has 5 nitrogen and oxygen atoms in total. The lowest BCUT2D eigenvalue weighted by Crippen LogP contribution is -2.44. The minimum absolute atomic E-state index is 0.0250. The van der Waals surface area contributed by atoms with Gasteiger partial charge in [-0.05, 0) is 25.0 Å². The van der Waals surface area contributed by atoms with Gasteiger partial charge in [0.05, 0.1) is 10.7 Å². The Bertz CT molecular complexity index is 617. The van der Waals surface area contributed by atoms with Crippen molar-refractivity contribution in [1.82, 2.24) is 9.80 Å². The Labute approximate surface area is 142 Å². The highest BCUT2D eigenvalue weighted by molar-refractivity contribution is 6.33. The summed E-state index contributed by atoms with van der Waals surface area (Å²) in [5.74, 6) is -1.87. The summed E-state index contributed by atoms with van der Waals surface area (Å²) in [4.78, 5) is 25.7. The van der Waals surface area contributed by atoms with E-state index >= 15 is 0 Å². The van der Waals surface area contributed by atoms with E-state index in [-0.39, 0.29) is 32.6 Å². The van der Waals surface area contributed by atoms with Gasteiger partial charge in [0.1, 0.15) is 0 Å². The van der Waals surface area contributed by atoms with Crippen molar-refractivity contribution in [2.24, 2.45) is 0 Å². The third-order valence-electron chi connectivity index (χ3n) is 3.77. The number of hydrogen-bond acceptors (Lipinski definition) is 2. The van der Waals surface area contributed by atoms with Crippen LogP contribution in [-0.2, 0) is 4.79 Å². The summed E-state index contributed by atoms with van der Waals surface area (Å²) in [7, 11) is 0. The zero-order valence-corrected chi connectivity index (χ0v) is 13.7. The Morgan fingerprint density at radius 3 is 2.38 bits per heavy atom. The Hall–Kier alpha value is -1.96. The van der Waals surface area contributed by atoms with Gasteiger partial charge in [-0.3, -0.25) is 4.79 Å². The Morgan fingerprint density at radius 1 is 1.12 bits per heavy atom. The van der Waals surface area contributed by atoms with Crippen LogP contribution in [-0.4, -0.2) is 54.1 Å². The van der Waals surface area contributed by atoms with Crippen molar-refractivity contribution < 1.29 is 22.8 Å². The van der Waals surface area contributed by atoms with Crippen LogP contribution in [0.5, 0.6) is 0 Å². The van der Waals surface area contributed by atoms with Crippen molar-refractivity contribution >= 4 is 29.2 Å². The van der Waals surface area contributed by atoms with E-state index in [4.69, 9.17) is 11.6 Å². The van der Waals surface area contributed by atoms with E-state index in [1.54, 1.807) is 25.1 Å².